The summed E-state index contributed by atoms with van der Waals surface area (Å²) in [5.74, 6) is -1.17. The van der Waals surface area contributed by atoms with E-state index >= 15 is 0 Å². The quantitative estimate of drug-likeness (QED) is 0.716. The molecular weight excluding hydrogens is 382 g/mol. The lowest BCUT2D eigenvalue weighted by atomic mass is 10.2. The van der Waals surface area contributed by atoms with E-state index in [-0.39, 0.29) is 22.1 Å². The van der Waals surface area contributed by atoms with Crippen LogP contribution in [0.4, 0.5) is 5.69 Å². The molecule has 0 amide bonds. The molecule has 3 aromatic rings. The molecule has 3 rings (SSSR count). The minimum atomic E-state index is -4.26. The van der Waals surface area contributed by atoms with E-state index in [4.69, 9.17) is 11.6 Å². The maximum atomic E-state index is 12.9. The van der Waals surface area contributed by atoms with Gasteiger partial charge in [0.05, 0.1) is 16.3 Å². The fourth-order valence-corrected chi connectivity index (χ4v) is 3.92. The molecule has 9 nitrogen and oxygen atoms in total. The second-order valence-electron chi connectivity index (χ2n) is 5.56. The third-order valence-corrected chi connectivity index (χ3v) is 5.57. The van der Waals surface area contributed by atoms with E-state index in [2.05, 4.69) is 15.1 Å². The standard InChI is InChI=1S/C15H14ClN5O4S/c1-8-7-9(2)21-14(17-8)18-15(19-21)26(24,25)20(3)12-10(13(22)23)5-4-6-11(12)16/h4-7H,1-3H3,(H,22,23). The number of carbonyl (C=O) groups is 1. The van der Waals surface area contributed by atoms with E-state index < -0.39 is 21.1 Å². The molecule has 0 radical (unpaired) electrons. The number of sulfonamides is 1. The van der Waals surface area contributed by atoms with Gasteiger partial charge in [-0.2, -0.15) is 13.4 Å². The number of carboxylic acids is 1. The number of hydrogen-bond donors (Lipinski definition) is 1. The number of anilines is 1. The average molecular weight is 396 g/mol. The molecule has 1 aromatic carbocycles. The van der Waals surface area contributed by atoms with Crippen LogP contribution in [0.1, 0.15) is 21.7 Å². The zero-order chi connectivity index (χ0) is 19.2. The number of rotatable bonds is 4. The maximum absolute atomic E-state index is 12.9. The van der Waals surface area contributed by atoms with Crippen LogP contribution in [0.25, 0.3) is 5.78 Å². The molecule has 0 saturated heterocycles. The largest absolute Gasteiger partial charge is 0.478 e. The molecule has 0 aliphatic rings. The van der Waals surface area contributed by atoms with Crippen LogP contribution in [0, 0.1) is 13.8 Å². The number of carboxylic acid groups (broad SMARTS) is 1. The van der Waals surface area contributed by atoms with Crippen molar-refractivity contribution in [3.8, 4) is 0 Å². The molecule has 0 atom stereocenters. The highest BCUT2D eigenvalue weighted by Gasteiger charge is 2.31. The van der Waals surface area contributed by atoms with Gasteiger partial charge >= 0.3 is 16.0 Å². The number of nitrogens with zero attached hydrogens (tertiary/aromatic N) is 5. The van der Waals surface area contributed by atoms with Crippen LogP contribution in [0.5, 0.6) is 0 Å². The van der Waals surface area contributed by atoms with Crippen LogP contribution in [0.2, 0.25) is 5.02 Å². The van der Waals surface area contributed by atoms with Crippen molar-refractivity contribution < 1.29 is 18.3 Å². The number of aromatic carboxylic acids is 1. The average Bonchev–Trinajstić information content (AvgIpc) is 2.99. The Bertz CT molecular complexity index is 1140. The number of aryl methyl sites for hydroxylation is 2. The van der Waals surface area contributed by atoms with Gasteiger partial charge in [-0.1, -0.05) is 17.7 Å². The Kier molecular flexibility index (Phi) is 4.32. The normalized spacial score (nSPS) is 11.7. The van der Waals surface area contributed by atoms with Crippen LogP contribution < -0.4 is 4.31 Å². The molecule has 26 heavy (non-hydrogen) atoms. The second kappa shape index (κ2) is 6.22. The first kappa shape index (κ1) is 18.1. The first-order valence-corrected chi connectivity index (χ1v) is 9.16. The molecule has 0 aliphatic heterocycles. The van der Waals surface area contributed by atoms with E-state index in [9.17, 15) is 18.3 Å². The van der Waals surface area contributed by atoms with Crippen LogP contribution in [-0.4, -0.2) is 46.1 Å². The molecule has 0 aliphatic carbocycles. The van der Waals surface area contributed by atoms with E-state index in [1.165, 1.54) is 29.8 Å². The Morgan fingerprint density at radius 2 is 1.96 bits per heavy atom. The fourth-order valence-electron chi connectivity index (χ4n) is 2.51. The highest BCUT2D eigenvalue weighted by Crippen LogP contribution is 2.32. The Morgan fingerprint density at radius 3 is 2.62 bits per heavy atom. The first-order chi connectivity index (χ1) is 12.1. The van der Waals surface area contributed by atoms with E-state index in [0.717, 1.165) is 4.31 Å². The summed E-state index contributed by atoms with van der Waals surface area (Å²) in [6, 6.07) is 5.83. The summed E-state index contributed by atoms with van der Waals surface area (Å²) in [5, 5.41) is 12.8. The third kappa shape index (κ3) is 2.86. The Balaban J connectivity index is 2.18. The topological polar surface area (TPSA) is 118 Å². The summed E-state index contributed by atoms with van der Waals surface area (Å²) < 4.78 is 27.9. The SMILES string of the molecule is Cc1cc(C)n2nc(S(=O)(=O)N(C)c3c(Cl)cccc3C(=O)O)nc2n1. The fraction of sp³-hybridized carbons (Fsp3) is 0.200. The van der Waals surface area contributed by atoms with Gasteiger partial charge in [0.1, 0.15) is 0 Å². The monoisotopic (exact) mass is 395 g/mol. The van der Waals surface area contributed by atoms with Crippen LogP contribution >= 0.6 is 11.6 Å². The lowest BCUT2D eigenvalue weighted by Gasteiger charge is -2.20. The van der Waals surface area contributed by atoms with Crippen molar-refractivity contribution in [2.75, 3.05) is 11.4 Å². The van der Waals surface area contributed by atoms with Gasteiger partial charge in [0.2, 0.25) is 0 Å². The summed E-state index contributed by atoms with van der Waals surface area (Å²) in [7, 11) is -3.06. The minimum absolute atomic E-state index is 0.0233. The predicted octanol–water partition coefficient (Wildman–Crippen LogP) is 1.92. The Labute approximate surface area is 153 Å². The zero-order valence-electron chi connectivity index (χ0n) is 14.0. The van der Waals surface area contributed by atoms with E-state index in [1.807, 2.05) is 0 Å². The molecule has 0 fully saturated rings. The molecule has 11 heteroatoms. The number of hydrogen-bond acceptors (Lipinski definition) is 6. The first-order valence-electron chi connectivity index (χ1n) is 7.34. The number of benzene rings is 1. The Hall–Kier alpha value is -2.72. The molecular formula is C15H14ClN5O4S. The van der Waals surface area contributed by atoms with Gasteiger partial charge in [0.15, 0.2) is 0 Å². The van der Waals surface area contributed by atoms with Crippen molar-refractivity contribution in [3.63, 3.8) is 0 Å². The van der Waals surface area contributed by atoms with Crippen LogP contribution in [-0.2, 0) is 10.0 Å². The van der Waals surface area contributed by atoms with Crippen molar-refractivity contribution in [3.05, 3.63) is 46.2 Å². The van der Waals surface area contributed by atoms with Gasteiger partial charge in [-0.05, 0) is 32.0 Å². The summed E-state index contributed by atoms with van der Waals surface area (Å²) in [4.78, 5) is 19.6. The molecule has 0 spiro atoms. The summed E-state index contributed by atoms with van der Waals surface area (Å²) in [6.07, 6.45) is 0. The van der Waals surface area contributed by atoms with Crippen molar-refractivity contribution in [1.82, 2.24) is 19.6 Å². The molecule has 136 valence electrons. The van der Waals surface area contributed by atoms with Crippen LogP contribution in [0.15, 0.2) is 29.4 Å². The van der Waals surface area contributed by atoms with Gasteiger partial charge in [-0.3, -0.25) is 4.31 Å². The van der Waals surface area contributed by atoms with Crippen molar-refractivity contribution >= 4 is 39.1 Å². The van der Waals surface area contributed by atoms with Gasteiger partial charge in [0, 0.05) is 18.4 Å². The van der Waals surface area contributed by atoms with Gasteiger partial charge < -0.3 is 5.11 Å². The third-order valence-electron chi connectivity index (χ3n) is 3.72. The summed E-state index contributed by atoms with van der Waals surface area (Å²) >= 11 is 6.06. The Morgan fingerprint density at radius 1 is 1.27 bits per heavy atom. The molecule has 2 heterocycles. The lowest BCUT2D eigenvalue weighted by Crippen LogP contribution is -2.29. The minimum Gasteiger partial charge on any atom is -0.478 e. The predicted molar refractivity (Wildman–Crippen MR) is 94.3 cm³/mol. The summed E-state index contributed by atoms with van der Waals surface area (Å²) in [6.45, 7) is 3.50. The molecule has 2 aromatic heterocycles. The van der Waals surface area contributed by atoms with Gasteiger partial charge in [-0.15, -0.1) is 5.10 Å². The molecule has 0 bridgehead atoms. The van der Waals surface area contributed by atoms with E-state index in [1.54, 1.807) is 19.9 Å². The number of halogens is 1. The second-order valence-corrected chi connectivity index (χ2v) is 7.83. The highest BCUT2D eigenvalue weighted by atomic mass is 35.5. The number of para-hydroxylation sites is 1. The van der Waals surface area contributed by atoms with Crippen molar-refractivity contribution in [2.24, 2.45) is 0 Å². The van der Waals surface area contributed by atoms with Gasteiger partial charge in [-0.25, -0.2) is 14.3 Å². The van der Waals surface area contributed by atoms with Crippen molar-refractivity contribution in [2.45, 2.75) is 19.0 Å². The molecule has 0 saturated carbocycles. The molecule has 1 N–H and O–H groups in total. The van der Waals surface area contributed by atoms with Gasteiger partial charge in [0.25, 0.3) is 10.9 Å². The van der Waals surface area contributed by atoms with Crippen molar-refractivity contribution in [1.29, 1.82) is 0 Å². The highest BCUT2D eigenvalue weighted by molar-refractivity contribution is 7.92. The van der Waals surface area contributed by atoms with E-state index in [0.29, 0.717) is 11.4 Å². The maximum Gasteiger partial charge on any atom is 0.337 e. The number of fused-ring (bicyclic) bond motifs is 1. The molecule has 0 unspecified atom stereocenters. The van der Waals surface area contributed by atoms with Crippen LogP contribution in [0.3, 0.4) is 0 Å². The smallest absolute Gasteiger partial charge is 0.337 e. The summed E-state index contributed by atoms with van der Waals surface area (Å²) in [5.41, 5.74) is 0.908. The number of aromatic nitrogens is 4. The lowest BCUT2D eigenvalue weighted by molar-refractivity contribution is 0.0698. The zero-order valence-corrected chi connectivity index (χ0v) is 15.6.